The maximum absolute atomic E-state index is 11.3. The third kappa shape index (κ3) is 2.52. The van der Waals surface area contributed by atoms with Gasteiger partial charge in [0.25, 0.3) is 0 Å². The van der Waals surface area contributed by atoms with Crippen LogP contribution in [0.1, 0.15) is 29.8 Å². The van der Waals surface area contributed by atoms with Gasteiger partial charge < -0.3 is 4.90 Å². The molecule has 0 saturated carbocycles. The smallest absolute Gasteiger partial charge is 0.159 e. The van der Waals surface area contributed by atoms with Gasteiger partial charge >= 0.3 is 0 Å². The Balaban J connectivity index is 2.25. The molecule has 0 aromatic heterocycles. The third-order valence-electron chi connectivity index (χ3n) is 3.10. The number of benzene rings is 1. The van der Waals surface area contributed by atoms with Crippen LogP contribution in [0.25, 0.3) is 0 Å². The summed E-state index contributed by atoms with van der Waals surface area (Å²) in [4.78, 5) is 13.6. The molecule has 17 heavy (non-hydrogen) atoms. The van der Waals surface area contributed by atoms with E-state index >= 15 is 0 Å². The molecular weight excluding hydrogens is 234 g/mol. The fourth-order valence-corrected chi connectivity index (χ4v) is 2.26. The summed E-state index contributed by atoms with van der Waals surface area (Å²) >= 11 is 5.69. The number of fused-ring (bicyclic) bond motifs is 1. The van der Waals surface area contributed by atoms with Crippen LogP contribution in [0.2, 0.25) is 0 Å². The maximum atomic E-state index is 11.3. The van der Waals surface area contributed by atoms with Gasteiger partial charge in [0, 0.05) is 29.9 Å². The van der Waals surface area contributed by atoms with Gasteiger partial charge in [-0.15, -0.1) is 0 Å². The Hall–Kier alpha value is -1.28. The quantitative estimate of drug-likeness (QED) is 0.766. The molecule has 0 bridgehead atoms. The van der Waals surface area contributed by atoms with Crippen molar-refractivity contribution >= 4 is 23.1 Å². The molecule has 0 radical (unpaired) electrons. The molecule has 0 N–H and O–H groups in total. The molecule has 1 aromatic carbocycles. The zero-order valence-electron chi connectivity index (χ0n) is 10.2. The third-order valence-corrected chi connectivity index (χ3v) is 3.48. The molecule has 0 atom stereocenters. The number of ketones is 1. The van der Waals surface area contributed by atoms with E-state index in [2.05, 4.69) is 4.90 Å². The van der Waals surface area contributed by atoms with Crippen molar-refractivity contribution in [2.45, 2.75) is 20.3 Å². The number of Topliss-reactive ketones (excluding diaryl/α,β-unsaturated/α-hetero) is 1. The van der Waals surface area contributed by atoms with Crippen molar-refractivity contribution in [3.05, 3.63) is 40.4 Å². The number of halogens is 1. The molecular formula is C14H16ClNO. The summed E-state index contributed by atoms with van der Waals surface area (Å²) in [7, 11) is 0. The molecule has 1 heterocycles. The fraction of sp³-hybridized carbons (Fsp3) is 0.357. The summed E-state index contributed by atoms with van der Waals surface area (Å²) < 4.78 is 0. The second-order valence-electron chi connectivity index (χ2n) is 4.53. The number of carbonyl (C=O) groups excluding carboxylic acids is 1. The normalized spacial score (nSPS) is 15.0. The van der Waals surface area contributed by atoms with Crippen molar-refractivity contribution in [1.29, 1.82) is 0 Å². The van der Waals surface area contributed by atoms with Crippen LogP contribution in [0, 0.1) is 0 Å². The summed E-state index contributed by atoms with van der Waals surface area (Å²) in [5.74, 6) is 0.128. The molecule has 0 aliphatic carbocycles. The van der Waals surface area contributed by atoms with Gasteiger partial charge in [-0.05, 0) is 49.6 Å². The van der Waals surface area contributed by atoms with Crippen LogP contribution in [0.5, 0.6) is 0 Å². The summed E-state index contributed by atoms with van der Waals surface area (Å²) in [6, 6.07) is 5.96. The lowest BCUT2D eigenvalue weighted by atomic mass is 10.1. The van der Waals surface area contributed by atoms with Crippen molar-refractivity contribution in [3.8, 4) is 0 Å². The highest BCUT2D eigenvalue weighted by molar-refractivity contribution is 6.25. The fourth-order valence-electron chi connectivity index (χ4n) is 2.19. The van der Waals surface area contributed by atoms with Crippen LogP contribution in [-0.4, -0.2) is 18.9 Å². The van der Waals surface area contributed by atoms with Gasteiger partial charge in [0.1, 0.15) is 0 Å². The Kier molecular flexibility index (Phi) is 3.53. The van der Waals surface area contributed by atoms with E-state index in [9.17, 15) is 4.79 Å². The number of anilines is 1. The summed E-state index contributed by atoms with van der Waals surface area (Å²) in [6.07, 6.45) is 1.01. The van der Waals surface area contributed by atoms with Crippen LogP contribution < -0.4 is 4.90 Å². The average Bonchev–Trinajstić information content (AvgIpc) is 2.71. The zero-order valence-corrected chi connectivity index (χ0v) is 10.9. The lowest BCUT2D eigenvalue weighted by Gasteiger charge is -2.19. The highest BCUT2D eigenvalue weighted by Crippen LogP contribution is 2.29. The lowest BCUT2D eigenvalue weighted by molar-refractivity contribution is 0.101. The van der Waals surface area contributed by atoms with E-state index in [4.69, 9.17) is 11.6 Å². The van der Waals surface area contributed by atoms with Gasteiger partial charge in [0.15, 0.2) is 5.78 Å². The highest BCUT2D eigenvalue weighted by Gasteiger charge is 2.19. The number of rotatable bonds is 3. The van der Waals surface area contributed by atoms with E-state index < -0.39 is 0 Å². The van der Waals surface area contributed by atoms with Gasteiger partial charge in [-0.3, -0.25) is 4.79 Å². The van der Waals surface area contributed by atoms with Gasteiger partial charge in [-0.25, -0.2) is 0 Å². The number of hydrogen-bond acceptors (Lipinski definition) is 2. The first-order valence-corrected chi connectivity index (χ1v) is 6.20. The van der Waals surface area contributed by atoms with Crippen LogP contribution in [0.3, 0.4) is 0 Å². The molecule has 2 rings (SSSR count). The highest BCUT2D eigenvalue weighted by atomic mass is 35.5. The minimum absolute atomic E-state index is 0.128. The van der Waals surface area contributed by atoms with Gasteiger partial charge in [0.05, 0.1) is 0 Å². The predicted molar refractivity (Wildman–Crippen MR) is 72.0 cm³/mol. The minimum atomic E-state index is 0.128. The SMILES string of the molecule is CC(=O)c1ccc2c(c1)CCN2C/C(C)=C/Cl. The van der Waals surface area contributed by atoms with Crippen molar-refractivity contribution < 1.29 is 4.79 Å². The topological polar surface area (TPSA) is 20.3 Å². The Labute approximate surface area is 107 Å². The van der Waals surface area contributed by atoms with Crippen molar-refractivity contribution in [1.82, 2.24) is 0 Å². The van der Waals surface area contributed by atoms with E-state index in [0.717, 1.165) is 30.6 Å². The van der Waals surface area contributed by atoms with Crippen molar-refractivity contribution in [2.75, 3.05) is 18.0 Å². The molecule has 0 saturated heterocycles. The van der Waals surface area contributed by atoms with Crippen LogP contribution >= 0.6 is 11.6 Å². The Morgan fingerprint density at radius 2 is 2.24 bits per heavy atom. The zero-order chi connectivity index (χ0) is 12.4. The number of carbonyl (C=O) groups is 1. The Bertz CT molecular complexity index is 479. The maximum Gasteiger partial charge on any atom is 0.159 e. The Morgan fingerprint density at radius 1 is 1.47 bits per heavy atom. The monoisotopic (exact) mass is 249 g/mol. The van der Waals surface area contributed by atoms with Crippen LogP contribution in [-0.2, 0) is 6.42 Å². The van der Waals surface area contributed by atoms with E-state index in [1.807, 2.05) is 25.1 Å². The molecule has 1 aromatic rings. The second kappa shape index (κ2) is 4.92. The molecule has 2 nitrogen and oxygen atoms in total. The molecule has 1 aliphatic heterocycles. The molecule has 0 amide bonds. The average molecular weight is 250 g/mol. The minimum Gasteiger partial charge on any atom is -0.367 e. The van der Waals surface area contributed by atoms with Crippen molar-refractivity contribution in [3.63, 3.8) is 0 Å². The van der Waals surface area contributed by atoms with Gasteiger partial charge in [0.2, 0.25) is 0 Å². The standard InChI is InChI=1S/C14H16ClNO/c1-10(8-15)9-16-6-5-13-7-12(11(2)17)3-4-14(13)16/h3-4,7-8H,5-6,9H2,1-2H3/b10-8+. The first-order valence-electron chi connectivity index (χ1n) is 5.76. The largest absolute Gasteiger partial charge is 0.367 e. The molecule has 90 valence electrons. The number of nitrogens with zero attached hydrogens (tertiary/aromatic N) is 1. The summed E-state index contributed by atoms with van der Waals surface area (Å²) in [6.45, 7) is 5.48. The molecule has 3 heteroatoms. The summed E-state index contributed by atoms with van der Waals surface area (Å²) in [5.41, 5.74) is 6.07. The molecule has 0 fully saturated rings. The second-order valence-corrected chi connectivity index (χ2v) is 4.74. The van der Waals surface area contributed by atoms with E-state index in [1.54, 1.807) is 12.5 Å². The Morgan fingerprint density at radius 3 is 2.88 bits per heavy atom. The first-order chi connectivity index (χ1) is 8.11. The van der Waals surface area contributed by atoms with Crippen LogP contribution in [0.15, 0.2) is 29.3 Å². The van der Waals surface area contributed by atoms with Crippen LogP contribution in [0.4, 0.5) is 5.69 Å². The predicted octanol–water partition coefficient (Wildman–Crippen LogP) is 3.39. The van der Waals surface area contributed by atoms with Gasteiger partial charge in [-0.2, -0.15) is 0 Å². The lowest BCUT2D eigenvalue weighted by Crippen LogP contribution is -2.22. The van der Waals surface area contributed by atoms with E-state index in [-0.39, 0.29) is 5.78 Å². The van der Waals surface area contributed by atoms with Crippen molar-refractivity contribution in [2.24, 2.45) is 0 Å². The van der Waals surface area contributed by atoms with E-state index in [1.165, 1.54) is 11.3 Å². The molecule has 0 spiro atoms. The van der Waals surface area contributed by atoms with Gasteiger partial charge in [-0.1, -0.05) is 11.6 Å². The first kappa shape index (κ1) is 12.2. The molecule has 0 unspecified atom stereocenters. The van der Waals surface area contributed by atoms with E-state index in [0.29, 0.717) is 0 Å². The number of hydrogen-bond donors (Lipinski definition) is 0. The summed E-state index contributed by atoms with van der Waals surface area (Å²) in [5, 5.41) is 0. The molecule has 1 aliphatic rings.